The highest BCUT2D eigenvalue weighted by Gasteiger charge is 2.26. The number of thiazole rings is 1. The molecular weight excluding hydrogens is 426 g/mol. The second-order valence-corrected chi connectivity index (χ2v) is 8.51. The molecule has 0 bridgehead atoms. The summed E-state index contributed by atoms with van der Waals surface area (Å²) in [6, 6.07) is 5.37. The van der Waals surface area contributed by atoms with Crippen LogP contribution in [0.2, 0.25) is 5.02 Å². The number of methoxy groups -OCH3 is 1. The predicted molar refractivity (Wildman–Crippen MR) is 118 cm³/mol. The van der Waals surface area contributed by atoms with Crippen molar-refractivity contribution in [2.75, 3.05) is 51.4 Å². The fourth-order valence-corrected chi connectivity index (χ4v) is 4.80. The van der Waals surface area contributed by atoms with E-state index >= 15 is 0 Å². The fraction of sp³-hybridized carbons (Fsp3) is 0.450. The van der Waals surface area contributed by atoms with Gasteiger partial charge in [-0.05, 0) is 25.1 Å². The number of fused-ring (bicyclic) bond motifs is 1. The van der Waals surface area contributed by atoms with E-state index in [0.717, 1.165) is 30.0 Å². The normalized spacial score (nSPS) is 14.9. The maximum absolute atomic E-state index is 13.5. The summed E-state index contributed by atoms with van der Waals surface area (Å²) in [4.78, 5) is 22.2. The molecule has 1 amide bonds. The molecule has 0 radical (unpaired) electrons. The van der Waals surface area contributed by atoms with E-state index in [0.29, 0.717) is 46.9 Å². The van der Waals surface area contributed by atoms with Gasteiger partial charge in [0.1, 0.15) is 17.0 Å². The molecule has 0 unspecified atom stereocenters. The highest BCUT2D eigenvalue weighted by atomic mass is 35.5. The van der Waals surface area contributed by atoms with Crippen LogP contribution in [-0.4, -0.2) is 72.1 Å². The van der Waals surface area contributed by atoms with E-state index in [9.17, 15) is 4.79 Å². The number of benzene rings is 1. The summed E-state index contributed by atoms with van der Waals surface area (Å²) in [7, 11) is 3.38. The molecule has 30 heavy (non-hydrogen) atoms. The Morgan fingerprint density at radius 2 is 2.13 bits per heavy atom. The lowest BCUT2D eigenvalue weighted by Crippen LogP contribution is -2.43. The highest BCUT2D eigenvalue weighted by Crippen LogP contribution is 2.39. The van der Waals surface area contributed by atoms with Crippen LogP contribution in [0.1, 0.15) is 16.2 Å². The van der Waals surface area contributed by atoms with E-state index in [1.807, 2.05) is 6.92 Å². The number of carbonyl (C=O) groups is 1. The number of hydrogen-bond donors (Lipinski definition) is 0. The Morgan fingerprint density at radius 1 is 1.37 bits per heavy atom. The van der Waals surface area contributed by atoms with Crippen molar-refractivity contribution >= 4 is 44.2 Å². The molecule has 1 aliphatic rings. The molecule has 0 saturated carbocycles. The number of morpholine rings is 1. The number of aryl methyl sites for hydroxylation is 2. The molecule has 0 N–H and O–H groups in total. The van der Waals surface area contributed by atoms with Gasteiger partial charge in [0.05, 0.1) is 35.7 Å². The molecule has 160 valence electrons. The maximum atomic E-state index is 13.5. The van der Waals surface area contributed by atoms with Crippen LogP contribution in [0.3, 0.4) is 0 Å². The van der Waals surface area contributed by atoms with Crippen LogP contribution in [0.4, 0.5) is 5.13 Å². The minimum atomic E-state index is -0.138. The van der Waals surface area contributed by atoms with Crippen molar-refractivity contribution in [3.63, 3.8) is 0 Å². The monoisotopic (exact) mass is 449 g/mol. The van der Waals surface area contributed by atoms with Crippen molar-refractivity contribution in [2.45, 2.75) is 6.92 Å². The topological polar surface area (TPSA) is 72.7 Å². The average molecular weight is 450 g/mol. The van der Waals surface area contributed by atoms with Gasteiger partial charge in [-0.1, -0.05) is 22.9 Å². The fourth-order valence-electron chi connectivity index (χ4n) is 3.52. The Hall–Kier alpha value is -2.20. The van der Waals surface area contributed by atoms with Gasteiger partial charge in [0.2, 0.25) is 0 Å². The van der Waals surface area contributed by atoms with E-state index in [2.05, 4.69) is 10.00 Å². The molecule has 0 spiro atoms. The van der Waals surface area contributed by atoms with Crippen LogP contribution in [-0.2, 0) is 11.8 Å². The molecule has 1 saturated heterocycles. The zero-order valence-electron chi connectivity index (χ0n) is 17.2. The molecule has 10 heteroatoms. The van der Waals surface area contributed by atoms with Crippen molar-refractivity contribution in [3.8, 4) is 5.75 Å². The SMILES string of the molecule is COc1ccc(Cl)c2sc(N(CCN3CCOCC3)C(=O)c3cc(C)nn3C)nc12. The number of nitrogens with zero attached hydrogens (tertiary/aromatic N) is 5. The van der Waals surface area contributed by atoms with Gasteiger partial charge in [-0.15, -0.1) is 0 Å². The van der Waals surface area contributed by atoms with E-state index in [1.54, 1.807) is 41.9 Å². The summed E-state index contributed by atoms with van der Waals surface area (Å²) >= 11 is 7.80. The molecule has 1 fully saturated rings. The van der Waals surface area contributed by atoms with E-state index in [-0.39, 0.29) is 5.91 Å². The summed E-state index contributed by atoms with van der Waals surface area (Å²) in [5.41, 5.74) is 1.98. The third-order valence-electron chi connectivity index (χ3n) is 5.11. The number of hydrogen-bond acceptors (Lipinski definition) is 7. The molecule has 1 aromatic carbocycles. The summed E-state index contributed by atoms with van der Waals surface area (Å²) in [5.74, 6) is 0.495. The van der Waals surface area contributed by atoms with Crippen LogP contribution in [0.25, 0.3) is 10.2 Å². The standard InChI is InChI=1S/C20H24ClN5O3S/c1-13-12-15(24(2)23-13)19(27)26(7-6-25-8-10-29-11-9-25)20-22-17-16(28-3)5-4-14(21)18(17)30-20/h4-5,12H,6-11H2,1-3H3. The van der Waals surface area contributed by atoms with Crippen molar-refractivity contribution < 1.29 is 14.3 Å². The third-order valence-corrected chi connectivity index (χ3v) is 6.65. The largest absolute Gasteiger partial charge is 0.494 e. The Balaban J connectivity index is 1.70. The zero-order valence-corrected chi connectivity index (χ0v) is 18.8. The van der Waals surface area contributed by atoms with Gasteiger partial charge in [-0.25, -0.2) is 4.98 Å². The Labute approximate surface area is 183 Å². The number of anilines is 1. The smallest absolute Gasteiger partial charge is 0.278 e. The number of halogens is 1. The molecule has 1 aliphatic heterocycles. The molecule has 0 aliphatic carbocycles. The van der Waals surface area contributed by atoms with Crippen molar-refractivity contribution in [3.05, 3.63) is 34.6 Å². The molecule has 2 aromatic heterocycles. The van der Waals surface area contributed by atoms with Crippen LogP contribution in [0.15, 0.2) is 18.2 Å². The Bertz CT molecular complexity index is 1060. The molecule has 0 atom stereocenters. The Kier molecular flexibility index (Phi) is 6.24. The van der Waals surface area contributed by atoms with Gasteiger partial charge in [0, 0.05) is 33.2 Å². The predicted octanol–water partition coefficient (Wildman–Crippen LogP) is 2.98. The lowest BCUT2D eigenvalue weighted by molar-refractivity contribution is 0.0391. The first-order chi connectivity index (χ1) is 14.5. The van der Waals surface area contributed by atoms with Gasteiger partial charge in [-0.3, -0.25) is 19.3 Å². The first-order valence-electron chi connectivity index (χ1n) is 9.73. The van der Waals surface area contributed by atoms with Crippen LogP contribution < -0.4 is 9.64 Å². The van der Waals surface area contributed by atoms with Crippen molar-refractivity contribution in [1.29, 1.82) is 0 Å². The summed E-state index contributed by atoms with van der Waals surface area (Å²) in [5, 5.41) is 5.51. The summed E-state index contributed by atoms with van der Waals surface area (Å²) in [6.07, 6.45) is 0. The number of ether oxygens (including phenoxy) is 2. The molecule has 3 heterocycles. The maximum Gasteiger partial charge on any atom is 0.278 e. The Morgan fingerprint density at radius 3 is 2.80 bits per heavy atom. The van der Waals surface area contributed by atoms with E-state index < -0.39 is 0 Å². The minimum absolute atomic E-state index is 0.138. The minimum Gasteiger partial charge on any atom is -0.494 e. The second-order valence-electron chi connectivity index (χ2n) is 7.13. The van der Waals surface area contributed by atoms with Crippen LogP contribution in [0.5, 0.6) is 5.75 Å². The first kappa shape index (κ1) is 21.0. The van der Waals surface area contributed by atoms with Crippen molar-refractivity contribution in [2.24, 2.45) is 7.05 Å². The number of carbonyl (C=O) groups excluding carboxylic acids is 1. The lowest BCUT2D eigenvalue weighted by atomic mass is 10.3. The molecule has 4 rings (SSSR count). The van der Waals surface area contributed by atoms with Crippen LogP contribution >= 0.6 is 22.9 Å². The van der Waals surface area contributed by atoms with E-state index in [1.165, 1.54) is 11.3 Å². The zero-order chi connectivity index (χ0) is 21.3. The first-order valence-corrected chi connectivity index (χ1v) is 10.9. The molecular formula is C20H24ClN5O3S. The number of rotatable bonds is 6. The van der Waals surface area contributed by atoms with Gasteiger partial charge in [-0.2, -0.15) is 5.10 Å². The second kappa shape index (κ2) is 8.89. The van der Waals surface area contributed by atoms with Gasteiger partial charge in [0.15, 0.2) is 5.13 Å². The summed E-state index contributed by atoms with van der Waals surface area (Å²) in [6.45, 7) is 6.23. The molecule has 3 aromatic rings. The highest BCUT2D eigenvalue weighted by molar-refractivity contribution is 7.23. The van der Waals surface area contributed by atoms with Gasteiger partial charge in [0.25, 0.3) is 5.91 Å². The third kappa shape index (κ3) is 4.15. The van der Waals surface area contributed by atoms with Crippen molar-refractivity contribution in [1.82, 2.24) is 19.7 Å². The van der Waals surface area contributed by atoms with Gasteiger partial charge < -0.3 is 9.47 Å². The van der Waals surface area contributed by atoms with E-state index in [4.69, 9.17) is 26.1 Å². The molecule has 8 nitrogen and oxygen atoms in total. The number of amides is 1. The lowest BCUT2D eigenvalue weighted by Gasteiger charge is -2.29. The quantitative estimate of drug-likeness (QED) is 0.576. The average Bonchev–Trinajstić information content (AvgIpc) is 3.33. The summed E-state index contributed by atoms with van der Waals surface area (Å²) < 4.78 is 13.3. The number of aromatic nitrogens is 3. The van der Waals surface area contributed by atoms with Crippen LogP contribution in [0, 0.1) is 6.92 Å². The van der Waals surface area contributed by atoms with Gasteiger partial charge >= 0.3 is 0 Å².